The van der Waals surface area contributed by atoms with Crippen LogP contribution in [0.2, 0.25) is 5.02 Å². The van der Waals surface area contributed by atoms with E-state index in [1.807, 2.05) is 18.2 Å². The largest absolute Gasteiger partial charge is 0.384 e. The first-order valence-corrected chi connectivity index (χ1v) is 6.36. The maximum Gasteiger partial charge on any atom is 0.0648 e. The second kappa shape index (κ2) is 5.89. The highest BCUT2D eigenvalue weighted by atomic mass is 79.9. The summed E-state index contributed by atoms with van der Waals surface area (Å²) in [5.41, 5.74) is 0.853. The van der Waals surface area contributed by atoms with Crippen LogP contribution in [0.25, 0.3) is 0 Å². The van der Waals surface area contributed by atoms with Gasteiger partial charge in [0.2, 0.25) is 0 Å². The minimum absolute atomic E-state index is 0.102. The maximum atomic E-state index is 6.09. The van der Waals surface area contributed by atoms with Gasteiger partial charge in [-0.1, -0.05) is 27.5 Å². The number of methoxy groups -OCH3 is 1. The Kier molecular flexibility index (Phi) is 5.09. The fourth-order valence-electron chi connectivity index (χ4n) is 1.23. The highest BCUT2D eigenvalue weighted by Gasteiger charge is 2.15. The Morgan fingerprint density at radius 2 is 2.12 bits per heavy atom. The number of nitrogens with one attached hydrogen (secondary N) is 1. The molecule has 1 rings (SSSR count). The van der Waals surface area contributed by atoms with Crippen LogP contribution in [-0.2, 0) is 4.74 Å². The van der Waals surface area contributed by atoms with Crippen LogP contribution in [0, 0.1) is 0 Å². The first-order valence-electron chi connectivity index (χ1n) is 5.19. The third-order valence-electron chi connectivity index (χ3n) is 2.53. The zero-order valence-corrected chi connectivity index (χ0v) is 12.2. The fourth-order valence-corrected chi connectivity index (χ4v) is 1.97. The molecule has 0 spiro atoms. The summed E-state index contributed by atoms with van der Waals surface area (Å²) in [5.74, 6) is 0. The molecule has 0 aliphatic rings. The van der Waals surface area contributed by atoms with Gasteiger partial charge in [-0.2, -0.15) is 0 Å². The Morgan fingerprint density at radius 1 is 1.44 bits per heavy atom. The van der Waals surface area contributed by atoms with Crippen molar-refractivity contribution in [2.24, 2.45) is 0 Å². The number of anilines is 1. The van der Waals surface area contributed by atoms with Crippen molar-refractivity contribution in [3.05, 3.63) is 27.7 Å². The highest BCUT2D eigenvalue weighted by Crippen LogP contribution is 2.26. The van der Waals surface area contributed by atoms with E-state index in [-0.39, 0.29) is 5.60 Å². The van der Waals surface area contributed by atoms with Crippen molar-refractivity contribution < 1.29 is 4.74 Å². The lowest BCUT2D eigenvalue weighted by Gasteiger charge is -2.23. The predicted octanol–water partition coefficient (Wildman–Crippen LogP) is 4.33. The van der Waals surface area contributed by atoms with Crippen LogP contribution in [0.3, 0.4) is 0 Å². The van der Waals surface area contributed by atoms with Crippen LogP contribution in [-0.4, -0.2) is 19.3 Å². The molecule has 0 atom stereocenters. The summed E-state index contributed by atoms with van der Waals surface area (Å²) in [4.78, 5) is 0. The molecule has 1 N–H and O–H groups in total. The highest BCUT2D eigenvalue weighted by molar-refractivity contribution is 9.10. The first-order chi connectivity index (χ1) is 7.44. The third-order valence-corrected chi connectivity index (χ3v) is 3.33. The summed E-state index contributed by atoms with van der Waals surface area (Å²) in [5, 5.41) is 4.02. The lowest BCUT2D eigenvalue weighted by Crippen LogP contribution is -2.25. The summed E-state index contributed by atoms with van der Waals surface area (Å²) < 4.78 is 6.33. The van der Waals surface area contributed by atoms with Crippen molar-refractivity contribution >= 4 is 33.2 Å². The van der Waals surface area contributed by atoms with Crippen LogP contribution in [0.4, 0.5) is 5.69 Å². The molecule has 90 valence electrons. The SMILES string of the molecule is COC(C)(C)CCNc1ccc(Br)cc1Cl. The van der Waals surface area contributed by atoms with E-state index >= 15 is 0 Å². The molecule has 0 bridgehead atoms. The van der Waals surface area contributed by atoms with E-state index in [1.165, 1.54) is 0 Å². The molecular formula is C12H17BrClNO. The Morgan fingerprint density at radius 3 is 2.69 bits per heavy atom. The molecule has 0 fully saturated rings. The smallest absolute Gasteiger partial charge is 0.0648 e. The van der Waals surface area contributed by atoms with Crippen molar-refractivity contribution in [2.45, 2.75) is 25.9 Å². The van der Waals surface area contributed by atoms with Gasteiger partial charge in [0.15, 0.2) is 0 Å². The van der Waals surface area contributed by atoms with Crippen LogP contribution < -0.4 is 5.32 Å². The van der Waals surface area contributed by atoms with E-state index < -0.39 is 0 Å². The number of halogens is 2. The molecule has 1 aromatic rings. The molecule has 0 amide bonds. The van der Waals surface area contributed by atoms with Crippen LogP contribution >= 0.6 is 27.5 Å². The molecule has 0 unspecified atom stereocenters. The predicted molar refractivity (Wildman–Crippen MR) is 73.3 cm³/mol. The van der Waals surface area contributed by atoms with E-state index in [4.69, 9.17) is 16.3 Å². The molecular weight excluding hydrogens is 289 g/mol. The number of hydrogen-bond donors (Lipinski definition) is 1. The van der Waals surface area contributed by atoms with Crippen molar-refractivity contribution in [3.8, 4) is 0 Å². The van der Waals surface area contributed by atoms with Gasteiger partial charge in [0, 0.05) is 18.1 Å². The van der Waals surface area contributed by atoms with Crippen molar-refractivity contribution in [1.29, 1.82) is 0 Å². The quantitative estimate of drug-likeness (QED) is 0.874. The summed E-state index contributed by atoms with van der Waals surface area (Å²) >= 11 is 9.46. The fraction of sp³-hybridized carbons (Fsp3) is 0.500. The van der Waals surface area contributed by atoms with Gasteiger partial charge in [0.1, 0.15) is 0 Å². The molecule has 0 aromatic heterocycles. The average Bonchev–Trinajstić information content (AvgIpc) is 2.21. The molecule has 0 aliphatic heterocycles. The number of benzene rings is 1. The van der Waals surface area contributed by atoms with E-state index in [1.54, 1.807) is 7.11 Å². The first kappa shape index (κ1) is 13.8. The van der Waals surface area contributed by atoms with Gasteiger partial charge in [-0.25, -0.2) is 0 Å². The summed E-state index contributed by atoms with van der Waals surface area (Å²) in [6.45, 7) is 4.97. The summed E-state index contributed by atoms with van der Waals surface area (Å²) in [6.07, 6.45) is 0.926. The average molecular weight is 307 g/mol. The number of ether oxygens (including phenoxy) is 1. The molecule has 0 radical (unpaired) electrons. The normalized spacial score (nSPS) is 11.6. The van der Waals surface area contributed by atoms with Crippen LogP contribution in [0.1, 0.15) is 20.3 Å². The lowest BCUT2D eigenvalue weighted by molar-refractivity contribution is 0.0185. The molecule has 0 saturated carbocycles. The van der Waals surface area contributed by atoms with Gasteiger partial charge < -0.3 is 10.1 Å². The minimum Gasteiger partial charge on any atom is -0.384 e. The maximum absolute atomic E-state index is 6.09. The lowest BCUT2D eigenvalue weighted by atomic mass is 10.1. The van der Waals surface area contributed by atoms with Gasteiger partial charge in [-0.05, 0) is 38.5 Å². The molecule has 2 nitrogen and oxygen atoms in total. The van der Waals surface area contributed by atoms with E-state index in [9.17, 15) is 0 Å². The Bertz CT molecular complexity index is 355. The van der Waals surface area contributed by atoms with E-state index in [2.05, 4.69) is 35.1 Å². The van der Waals surface area contributed by atoms with Crippen LogP contribution in [0.5, 0.6) is 0 Å². The topological polar surface area (TPSA) is 21.3 Å². The third kappa shape index (κ3) is 4.32. The van der Waals surface area contributed by atoms with Gasteiger partial charge in [0.05, 0.1) is 16.3 Å². The standard InChI is InChI=1S/C12H17BrClNO/c1-12(2,16-3)6-7-15-11-5-4-9(13)8-10(11)14/h4-5,8,15H,6-7H2,1-3H3. The van der Waals surface area contributed by atoms with Crippen molar-refractivity contribution in [3.63, 3.8) is 0 Å². The molecule has 0 heterocycles. The molecule has 1 aromatic carbocycles. The summed E-state index contributed by atoms with van der Waals surface area (Å²) in [6, 6.07) is 5.81. The van der Waals surface area contributed by atoms with E-state index in [0.717, 1.165) is 28.1 Å². The zero-order chi connectivity index (χ0) is 12.2. The van der Waals surface area contributed by atoms with Gasteiger partial charge >= 0.3 is 0 Å². The molecule has 4 heteroatoms. The van der Waals surface area contributed by atoms with Gasteiger partial charge in [-0.3, -0.25) is 0 Å². The van der Waals surface area contributed by atoms with E-state index in [0.29, 0.717) is 0 Å². The van der Waals surface area contributed by atoms with Crippen molar-refractivity contribution in [2.75, 3.05) is 19.0 Å². The zero-order valence-electron chi connectivity index (χ0n) is 9.81. The van der Waals surface area contributed by atoms with Gasteiger partial charge in [-0.15, -0.1) is 0 Å². The minimum atomic E-state index is -0.102. The van der Waals surface area contributed by atoms with Gasteiger partial charge in [0.25, 0.3) is 0 Å². The van der Waals surface area contributed by atoms with Crippen molar-refractivity contribution in [1.82, 2.24) is 0 Å². The molecule has 0 aliphatic carbocycles. The van der Waals surface area contributed by atoms with Crippen LogP contribution in [0.15, 0.2) is 22.7 Å². The second-order valence-electron chi connectivity index (χ2n) is 4.26. The number of rotatable bonds is 5. The molecule has 0 saturated heterocycles. The monoisotopic (exact) mass is 305 g/mol. The Hall–Kier alpha value is -0.250. The Labute approximate surface area is 110 Å². The number of hydrogen-bond acceptors (Lipinski definition) is 2. The molecule has 16 heavy (non-hydrogen) atoms. The second-order valence-corrected chi connectivity index (χ2v) is 5.59. The summed E-state index contributed by atoms with van der Waals surface area (Å²) in [7, 11) is 1.73. The Balaban J connectivity index is 2.49.